The summed E-state index contributed by atoms with van der Waals surface area (Å²) < 4.78 is 0. The predicted octanol–water partition coefficient (Wildman–Crippen LogP) is 3.30. The lowest BCUT2D eigenvalue weighted by molar-refractivity contribution is 0.0928. The van der Waals surface area contributed by atoms with Gasteiger partial charge in [0.25, 0.3) is 5.91 Å². The van der Waals surface area contributed by atoms with Crippen LogP contribution in [0, 0.1) is 11.8 Å². The quantitative estimate of drug-likeness (QED) is 0.757. The molecule has 4 nitrogen and oxygen atoms in total. The van der Waals surface area contributed by atoms with Crippen LogP contribution in [0.3, 0.4) is 0 Å². The lowest BCUT2D eigenvalue weighted by Gasteiger charge is -2.20. The molecule has 0 spiro atoms. The third kappa shape index (κ3) is 2.50. The maximum Gasteiger partial charge on any atom is 0.253 e. The second-order valence-electron chi connectivity index (χ2n) is 6.19. The molecule has 3 atom stereocenters. The van der Waals surface area contributed by atoms with E-state index in [1.165, 1.54) is 12.8 Å². The number of fused-ring (bicyclic) bond motifs is 1. The van der Waals surface area contributed by atoms with Gasteiger partial charge in [-0.3, -0.25) is 4.79 Å². The smallest absolute Gasteiger partial charge is 0.253 e. The topological polar surface area (TPSA) is 70.9 Å². The molecule has 1 amide bonds. The van der Waals surface area contributed by atoms with Crippen molar-refractivity contribution in [2.75, 3.05) is 5.73 Å². The van der Waals surface area contributed by atoms with E-state index in [-0.39, 0.29) is 5.91 Å². The average molecular weight is 285 g/mol. The SMILES string of the molecule is CCC1CCC(NC(=O)c2c[nH]c3cc(N)ccc23)C1C. The molecule has 1 aromatic carbocycles. The van der Waals surface area contributed by atoms with E-state index in [0.717, 1.165) is 23.2 Å². The van der Waals surface area contributed by atoms with Gasteiger partial charge in [0, 0.05) is 28.8 Å². The molecule has 1 aliphatic rings. The average Bonchev–Trinajstić information content (AvgIpc) is 3.03. The van der Waals surface area contributed by atoms with Gasteiger partial charge in [-0.05, 0) is 42.9 Å². The summed E-state index contributed by atoms with van der Waals surface area (Å²) in [7, 11) is 0. The summed E-state index contributed by atoms with van der Waals surface area (Å²) in [5, 5.41) is 4.14. The Balaban J connectivity index is 1.79. The predicted molar refractivity (Wildman–Crippen MR) is 86.1 cm³/mol. The van der Waals surface area contributed by atoms with Crippen molar-refractivity contribution in [1.82, 2.24) is 10.3 Å². The first-order valence-corrected chi connectivity index (χ1v) is 7.77. The van der Waals surface area contributed by atoms with Crippen molar-refractivity contribution in [1.29, 1.82) is 0 Å². The molecule has 1 saturated carbocycles. The zero-order valence-electron chi connectivity index (χ0n) is 12.6. The molecule has 21 heavy (non-hydrogen) atoms. The monoisotopic (exact) mass is 285 g/mol. The normalized spacial score (nSPS) is 25.3. The molecule has 3 unspecified atom stereocenters. The van der Waals surface area contributed by atoms with Gasteiger partial charge < -0.3 is 16.0 Å². The number of amides is 1. The van der Waals surface area contributed by atoms with Crippen molar-refractivity contribution in [3.63, 3.8) is 0 Å². The number of hydrogen-bond donors (Lipinski definition) is 3. The molecule has 0 bridgehead atoms. The molecule has 1 aliphatic carbocycles. The molecule has 1 aromatic heterocycles. The van der Waals surface area contributed by atoms with Crippen LogP contribution in [-0.2, 0) is 0 Å². The zero-order valence-corrected chi connectivity index (χ0v) is 12.6. The zero-order chi connectivity index (χ0) is 15.0. The van der Waals surface area contributed by atoms with E-state index in [1.807, 2.05) is 18.2 Å². The fourth-order valence-corrected chi connectivity index (χ4v) is 3.61. The molecular formula is C17H23N3O. The Labute approximate surface area is 125 Å². The highest BCUT2D eigenvalue weighted by molar-refractivity contribution is 6.07. The van der Waals surface area contributed by atoms with Gasteiger partial charge in [0.05, 0.1) is 5.56 Å². The Bertz CT molecular complexity index is 661. The van der Waals surface area contributed by atoms with E-state index in [0.29, 0.717) is 23.2 Å². The van der Waals surface area contributed by atoms with Crippen molar-refractivity contribution >= 4 is 22.5 Å². The molecule has 1 heterocycles. The molecule has 4 N–H and O–H groups in total. The number of aromatic amines is 1. The Morgan fingerprint density at radius 2 is 2.24 bits per heavy atom. The molecule has 4 heteroatoms. The van der Waals surface area contributed by atoms with Gasteiger partial charge >= 0.3 is 0 Å². The standard InChI is InChI=1S/C17H23N3O/c1-3-11-4-7-15(10(11)2)20-17(21)14-9-19-16-8-12(18)5-6-13(14)16/h5-6,8-11,15,19H,3-4,7,18H2,1-2H3,(H,20,21). The summed E-state index contributed by atoms with van der Waals surface area (Å²) in [6.45, 7) is 4.48. The van der Waals surface area contributed by atoms with Crippen LogP contribution in [0.2, 0.25) is 0 Å². The Hall–Kier alpha value is -1.97. The minimum Gasteiger partial charge on any atom is -0.399 e. The number of nitrogens with two attached hydrogens (primary N) is 1. The highest BCUT2D eigenvalue weighted by Gasteiger charge is 2.32. The number of carbonyl (C=O) groups is 1. The van der Waals surface area contributed by atoms with Crippen molar-refractivity contribution in [2.24, 2.45) is 11.8 Å². The van der Waals surface area contributed by atoms with E-state index in [9.17, 15) is 4.79 Å². The van der Waals surface area contributed by atoms with Crippen LogP contribution < -0.4 is 11.1 Å². The highest BCUT2D eigenvalue weighted by Crippen LogP contribution is 2.34. The van der Waals surface area contributed by atoms with Crippen LogP contribution >= 0.6 is 0 Å². The van der Waals surface area contributed by atoms with E-state index in [4.69, 9.17) is 5.73 Å². The molecule has 0 radical (unpaired) electrons. The van der Waals surface area contributed by atoms with Crippen LogP contribution in [0.15, 0.2) is 24.4 Å². The minimum atomic E-state index is 0.0135. The Morgan fingerprint density at radius 1 is 1.43 bits per heavy atom. The van der Waals surface area contributed by atoms with E-state index >= 15 is 0 Å². The first-order valence-electron chi connectivity index (χ1n) is 7.77. The number of carbonyl (C=O) groups excluding carboxylic acids is 1. The van der Waals surface area contributed by atoms with E-state index in [1.54, 1.807) is 6.20 Å². The number of nitrogens with one attached hydrogen (secondary N) is 2. The van der Waals surface area contributed by atoms with Crippen LogP contribution in [-0.4, -0.2) is 16.9 Å². The fourth-order valence-electron chi connectivity index (χ4n) is 3.61. The van der Waals surface area contributed by atoms with Crippen molar-refractivity contribution in [2.45, 2.75) is 39.2 Å². The number of nitrogen functional groups attached to an aromatic ring is 1. The third-order valence-corrected chi connectivity index (χ3v) is 5.02. The summed E-state index contributed by atoms with van der Waals surface area (Å²) in [4.78, 5) is 15.7. The van der Waals surface area contributed by atoms with Crippen LogP contribution in [0.25, 0.3) is 10.9 Å². The number of anilines is 1. The second-order valence-corrected chi connectivity index (χ2v) is 6.19. The molecule has 112 valence electrons. The van der Waals surface area contributed by atoms with Gasteiger partial charge in [-0.1, -0.05) is 20.3 Å². The highest BCUT2D eigenvalue weighted by atomic mass is 16.1. The summed E-state index contributed by atoms with van der Waals surface area (Å²) in [6.07, 6.45) is 5.27. The van der Waals surface area contributed by atoms with Gasteiger partial charge in [-0.15, -0.1) is 0 Å². The summed E-state index contributed by atoms with van der Waals surface area (Å²) in [5.74, 6) is 1.30. The second kappa shape index (κ2) is 5.43. The summed E-state index contributed by atoms with van der Waals surface area (Å²) >= 11 is 0. The largest absolute Gasteiger partial charge is 0.399 e. The van der Waals surface area contributed by atoms with E-state index in [2.05, 4.69) is 24.1 Å². The van der Waals surface area contributed by atoms with Gasteiger partial charge in [-0.2, -0.15) is 0 Å². The maximum absolute atomic E-state index is 12.5. The lowest BCUT2D eigenvalue weighted by Crippen LogP contribution is -2.37. The number of H-pyrrole nitrogens is 1. The van der Waals surface area contributed by atoms with E-state index < -0.39 is 0 Å². The first kappa shape index (κ1) is 14.0. The van der Waals surface area contributed by atoms with Crippen molar-refractivity contribution in [3.8, 4) is 0 Å². The Kier molecular flexibility index (Phi) is 3.62. The first-order chi connectivity index (χ1) is 10.1. The van der Waals surface area contributed by atoms with Gasteiger partial charge in [0.2, 0.25) is 0 Å². The number of hydrogen-bond acceptors (Lipinski definition) is 2. The molecule has 2 aromatic rings. The molecule has 0 saturated heterocycles. The van der Waals surface area contributed by atoms with Crippen LogP contribution in [0.1, 0.15) is 43.5 Å². The number of aromatic nitrogens is 1. The summed E-state index contributed by atoms with van der Waals surface area (Å²) in [6, 6.07) is 5.89. The molecule has 1 fully saturated rings. The number of rotatable bonds is 3. The number of benzene rings is 1. The van der Waals surface area contributed by atoms with Gasteiger partial charge in [-0.25, -0.2) is 0 Å². The van der Waals surface area contributed by atoms with Crippen LogP contribution in [0.4, 0.5) is 5.69 Å². The minimum absolute atomic E-state index is 0.0135. The lowest BCUT2D eigenvalue weighted by atomic mass is 9.93. The van der Waals surface area contributed by atoms with Gasteiger partial charge in [0.15, 0.2) is 0 Å². The van der Waals surface area contributed by atoms with Crippen molar-refractivity contribution in [3.05, 3.63) is 30.0 Å². The molecule has 3 rings (SSSR count). The van der Waals surface area contributed by atoms with Crippen LogP contribution in [0.5, 0.6) is 0 Å². The molecule has 0 aliphatic heterocycles. The van der Waals surface area contributed by atoms with Gasteiger partial charge in [0.1, 0.15) is 0 Å². The summed E-state index contributed by atoms with van der Waals surface area (Å²) in [5.41, 5.74) is 8.08. The fraction of sp³-hybridized carbons (Fsp3) is 0.471. The Morgan fingerprint density at radius 3 is 2.95 bits per heavy atom. The van der Waals surface area contributed by atoms with Crippen molar-refractivity contribution < 1.29 is 4.79 Å². The maximum atomic E-state index is 12.5. The molecular weight excluding hydrogens is 262 g/mol. The third-order valence-electron chi connectivity index (χ3n) is 5.02.